The van der Waals surface area contributed by atoms with Crippen molar-refractivity contribution in [3.05, 3.63) is 42.0 Å². The van der Waals surface area contributed by atoms with Crippen molar-refractivity contribution in [3.8, 4) is 0 Å². The Hall–Kier alpha value is -1.08. The van der Waals surface area contributed by atoms with Crippen LogP contribution in [0.25, 0.3) is 5.57 Å². The van der Waals surface area contributed by atoms with Gasteiger partial charge < -0.3 is 5.11 Å². The third-order valence-electron chi connectivity index (χ3n) is 1.72. The molecule has 1 aromatic carbocycles. The summed E-state index contributed by atoms with van der Waals surface area (Å²) in [5.41, 5.74) is 2.99. The molecule has 1 aromatic rings. The quantitative estimate of drug-likeness (QED) is 0.680. The molecular formula is C10H12O. The normalized spacial score (nSPS) is 9.64. The van der Waals surface area contributed by atoms with Crippen LogP contribution in [0.2, 0.25) is 0 Å². The van der Waals surface area contributed by atoms with Gasteiger partial charge in [0.05, 0.1) is 6.61 Å². The first kappa shape index (κ1) is 8.02. The summed E-state index contributed by atoms with van der Waals surface area (Å²) >= 11 is 0. The fraction of sp³-hybridized carbons (Fsp3) is 0.200. The zero-order valence-electron chi connectivity index (χ0n) is 6.67. The van der Waals surface area contributed by atoms with E-state index in [1.165, 1.54) is 0 Å². The predicted octanol–water partition coefficient (Wildman–Crippen LogP) is 2.00. The van der Waals surface area contributed by atoms with Crippen LogP contribution in [0.5, 0.6) is 0 Å². The van der Waals surface area contributed by atoms with Crippen molar-refractivity contribution < 1.29 is 5.11 Å². The van der Waals surface area contributed by atoms with Gasteiger partial charge in [0, 0.05) is 0 Å². The van der Waals surface area contributed by atoms with E-state index in [2.05, 4.69) is 6.58 Å². The van der Waals surface area contributed by atoms with Crippen molar-refractivity contribution in [2.45, 2.75) is 6.92 Å². The minimum Gasteiger partial charge on any atom is -0.392 e. The Bertz CT molecular complexity index is 263. The zero-order valence-corrected chi connectivity index (χ0v) is 6.67. The Morgan fingerprint density at radius 2 is 2.09 bits per heavy atom. The molecular weight excluding hydrogens is 136 g/mol. The van der Waals surface area contributed by atoms with E-state index in [1.54, 1.807) is 0 Å². The van der Waals surface area contributed by atoms with Crippen molar-refractivity contribution in [3.63, 3.8) is 0 Å². The fourth-order valence-corrected chi connectivity index (χ4v) is 1.05. The van der Waals surface area contributed by atoms with Crippen molar-refractivity contribution in [1.29, 1.82) is 0 Å². The molecule has 1 nitrogen and oxygen atoms in total. The van der Waals surface area contributed by atoms with Crippen LogP contribution in [0.1, 0.15) is 11.1 Å². The van der Waals surface area contributed by atoms with Crippen LogP contribution in [0.4, 0.5) is 0 Å². The molecule has 0 spiro atoms. The topological polar surface area (TPSA) is 20.2 Å². The second-order valence-corrected chi connectivity index (χ2v) is 2.58. The molecule has 1 rings (SSSR count). The molecule has 1 heteroatoms. The van der Waals surface area contributed by atoms with Gasteiger partial charge in [-0.2, -0.15) is 0 Å². The van der Waals surface area contributed by atoms with E-state index in [1.807, 2.05) is 31.2 Å². The van der Waals surface area contributed by atoms with Gasteiger partial charge in [-0.25, -0.2) is 0 Å². The predicted molar refractivity (Wildman–Crippen MR) is 47.3 cm³/mol. The minimum absolute atomic E-state index is 0.0326. The number of aliphatic hydroxyl groups is 1. The molecule has 0 bridgehead atoms. The molecule has 0 radical (unpaired) electrons. The van der Waals surface area contributed by atoms with Crippen LogP contribution in [-0.4, -0.2) is 11.7 Å². The van der Waals surface area contributed by atoms with Gasteiger partial charge in [-0.1, -0.05) is 30.8 Å². The standard InChI is InChI=1S/C10H12O/c1-8-5-3-4-6-10(8)9(2)7-11/h3-6,11H,2,7H2,1H3. The summed E-state index contributed by atoms with van der Waals surface area (Å²) in [5.74, 6) is 0. The van der Waals surface area contributed by atoms with Gasteiger partial charge in [0.2, 0.25) is 0 Å². The van der Waals surface area contributed by atoms with E-state index in [-0.39, 0.29) is 6.61 Å². The minimum atomic E-state index is 0.0326. The van der Waals surface area contributed by atoms with Gasteiger partial charge in [0.15, 0.2) is 0 Å². The smallest absolute Gasteiger partial charge is 0.0682 e. The number of aliphatic hydroxyl groups excluding tert-OH is 1. The molecule has 0 saturated carbocycles. The molecule has 0 aliphatic rings. The first-order chi connectivity index (χ1) is 5.25. The molecule has 11 heavy (non-hydrogen) atoms. The van der Waals surface area contributed by atoms with E-state index in [0.717, 1.165) is 16.7 Å². The van der Waals surface area contributed by atoms with Crippen LogP contribution in [0, 0.1) is 6.92 Å². The second-order valence-electron chi connectivity index (χ2n) is 2.58. The first-order valence-electron chi connectivity index (χ1n) is 3.60. The monoisotopic (exact) mass is 148 g/mol. The summed E-state index contributed by atoms with van der Waals surface area (Å²) in [4.78, 5) is 0. The Morgan fingerprint density at radius 1 is 1.45 bits per heavy atom. The van der Waals surface area contributed by atoms with E-state index in [4.69, 9.17) is 5.11 Å². The van der Waals surface area contributed by atoms with Crippen LogP contribution >= 0.6 is 0 Å². The van der Waals surface area contributed by atoms with Gasteiger partial charge in [-0.3, -0.25) is 0 Å². The molecule has 0 unspecified atom stereocenters. The first-order valence-corrected chi connectivity index (χ1v) is 3.60. The third kappa shape index (κ3) is 1.69. The van der Waals surface area contributed by atoms with E-state index < -0.39 is 0 Å². The maximum Gasteiger partial charge on any atom is 0.0682 e. The lowest BCUT2D eigenvalue weighted by molar-refractivity contribution is 0.350. The summed E-state index contributed by atoms with van der Waals surface area (Å²) in [6.45, 7) is 5.80. The molecule has 1 N–H and O–H groups in total. The van der Waals surface area contributed by atoms with Gasteiger partial charge >= 0.3 is 0 Å². The number of hydrogen-bond donors (Lipinski definition) is 1. The average Bonchev–Trinajstić information content (AvgIpc) is 2.04. The molecule has 0 amide bonds. The van der Waals surface area contributed by atoms with Crippen LogP contribution in [0.15, 0.2) is 30.8 Å². The number of benzene rings is 1. The zero-order chi connectivity index (χ0) is 8.27. The van der Waals surface area contributed by atoms with E-state index >= 15 is 0 Å². The van der Waals surface area contributed by atoms with E-state index in [9.17, 15) is 0 Å². The molecule has 0 aliphatic carbocycles. The van der Waals surface area contributed by atoms with Crippen molar-refractivity contribution >= 4 is 5.57 Å². The van der Waals surface area contributed by atoms with Gasteiger partial charge in [0.25, 0.3) is 0 Å². The summed E-state index contributed by atoms with van der Waals surface area (Å²) in [7, 11) is 0. The molecule has 0 aromatic heterocycles. The molecule has 0 heterocycles. The SMILES string of the molecule is C=C(CO)c1ccccc1C. The van der Waals surface area contributed by atoms with Gasteiger partial charge in [0.1, 0.15) is 0 Å². The maximum absolute atomic E-state index is 8.81. The van der Waals surface area contributed by atoms with Crippen LogP contribution < -0.4 is 0 Å². The highest BCUT2D eigenvalue weighted by molar-refractivity contribution is 5.66. The fourth-order valence-electron chi connectivity index (χ4n) is 1.05. The highest BCUT2D eigenvalue weighted by Gasteiger charge is 1.98. The average molecular weight is 148 g/mol. The summed E-state index contributed by atoms with van der Waals surface area (Å²) < 4.78 is 0. The van der Waals surface area contributed by atoms with Crippen molar-refractivity contribution in [2.75, 3.05) is 6.61 Å². The number of hydrogen-bond acceptors (Lipinski definition) is 1. The van der Waals surface area contributed by atoms with Crippen LogP contribution in [0.3, 0.4) is 0 Å². The lowest BCUT2D eigenvalue weighted by atomic mass is 10.0. The van der Waals surface area contributed by atoms with Gasteiger partial charge in [-0.15, -0.1) is 0 Å². The van der Waals surface area contributed by atoms with Crippen molar-refractivity contribution in [2.24, 2.45) is 0 Å². The number of rotatable bonds is 2. The highest BCUT2D eigenvalue weighted by Crippen LogP contribution is 2.15. The molecule has 0 saturated heterocycles. The summed E-state index contributed by atoms with van der Waals surface area (Å²) in [6, 6.07) is 7.90. The lowest BCUT2D eigenvalue weighted by Gasteiger charge is -2.04. The van der Waals surface area contributed by atoms with E-state index in [0.29, 0.717) is 0 Å². The summed E-state index contributed by atoms with van der Waals surface area (Å²) in [6.07, 6.45) is 0. The molecule has 0 atom stereocenters. The third-order valence-corrected chi connectivity index (χ3v) is 1.72. The Labute approximate surface area is 67.0 Å². The molecule has 0 fully saturated rings. The van der Waals surface area contributed by atoms with Crippen molar-refractivity contribution in [1.82, 2.24) is 0 Å². The second kappa shape index (κ2) is 3.35. The van der Waals surface area contributed by atoms with Crippen LogP contribution in [-0.2, 0) is 0 Å². The molecule has 58 valence electrons. The Balaban J connectivity index is 3.03. The lowest BCUT2D eigenvalue weighted by Crippen LogP contribution is -1.90. The molecule has 0 aliphatic heterocycles. The Kier molecular flexibility index (Phi) is 2.44. The largest absolute Gasteiger partial charge is 0.392 e. The Morgan fingerprint density at radius 3 is 2.64 bits per heavy atom. The maximum atomic E-state index is 8.81. The number of aryl methyl sites for hydroxylation is 1. The summed E-state index contributed by atoms with van der Waals surface area (Å²) in [5, 5.41) is 8.81. The highest BCUT2D eigenvalue weighted by atomic mass is 16.3. The van der Waals surface area contributed by atoms with Gasteiger partial charge in [-0.05, 0) is 23.6 Å².